The van der Waals surface area contributed by atoms with E-state index >= 15 is 0 Å². The summed E-state index contributed by atoms with van der Waals surface area (Å²) < 4.78 is 6.19. The van der Waals surface area contributed by atoms with E-state index in [-0.39, 0.29) is 11.7 Å². The molecule has 25 heavy (non-hydrogen) atoms. The van der Waals surface area contributed by atoms with Gasteiger partial charge >= 0.3 is 0 Å². The van der Waals surface area contributed by atoms with Crippen LogP contribution in [0.2, 0.25) is 5.02 Å². The standard InChI is InChI=1S/C18H18BrClN2O3/c1-10-6-14(7-11(2)17(10)20)25-12(3)18(24)22-21-9-13-4-5-16(23)15(19)8-13/h4-9,12,23H,1-3H3,(H,22,24)/b21-9+. The number of phenolic OH excluding ortho intramolecular Hbond substituents is 1. The normalized spacial score (nSPS) is 12.2. The number of rotatable bonds is 5. The number of aromatic hydroxyl groups is 1. The highest BCUT2D eigenvalue weighted by molar-refractivity contribution is 9.10. The Morgan fingerprint density at radius 1 is 1.32 bits per heavy atom. The molecule has 0 bridgehead atoms. The van der Waals surface area contributed by atoms with Crippen molar-refractivity contribution in [3.63, 3.8) is 0 Å². The largest absolute Gasteiger partial charge is 0.507 e. The Bertz CT molecular complexity index is 801. The SMILES string of the molecule is Cc1cc(OC(C)C(=O)N/N=C/c2ccc(O)c(Br)c2)cc(C)c1Cl. The second-order valence-corrected chi connectivity index (χ2v) is 6.81. The molecule has 0 saturated heterocycles. The third kappa shape index (κ3) is 5.21. The Balaban J connectivity index is 1.96. The van der Waals surface area contributed by atoms with Crippen LogP contribution in [0.3, 0.4) is 0 Å². The molecule has 0 aliphatic rings. The fourth-order valence-electron chi connectivity index (χ4n) is 2.10. The van der Waals surface area contributed by atoms with Gasteiger partial charge < -0.3 is 9.84 Å². The smallest absolute Gasteiger partial charge is 0.280 e. The van der Waals surface area contributed by atoms with E-state index < -0.39 is 6.10 Å². The van der Waals surface area contributed by atoms with Gasteiger partial charge in [-0.1, -0.05) is 11.6 Å². The predicted octanol–water partition coefficient (Wildman–Crippen LogP) is 4.34. The van der Waals surface area contributed by atoms with Crippen LogP contribution in [0.15, 0.2) is 39.9 Å². The van der Waals surface area contributed by atoms with E-state index in [9.17, 15) is 9.90 Å². The molecule has 7 heteroatoms. The molecular weight excluding hydrogens is 408 g/mol. The summed E-state index contributed by atoms with van der Waals surface area (Å²) in [7, 11) is 0. The number of hydrazone groups is 1. The molecule has 0 heterocycles. The van der Waals surface area contributed by atoms with Crippen LogP contribution in [-0.4, -0.2) is 23.3 Å². The van der Waals surface area contributed by atoms with E-state index in [1.54, 1.807) is 31.2 Å². The quantitative estimate of drug-likeness (QED) is 0.553. The van der Waals surface area contributed by atoms with Gasteiger partial charge in [0.2, 0.25) is 0 Å². The van der Waals surface area contributed by atoms with Crippen molar-refractivity contribution in [3.05, 3.63) is 56.5 Å². The van der Waals surface area contributed by atoms with Gasteiger partial charge in [0, 0.05) is 5.02 Å². The second-order valence-electron chi connectivity index (χ2n) is 5.58. The van der Waals surface area contributed by atoms with Crippen LogP contribution >= 0.6 is 27.5 Å². The van der Waals surface area contributed by atoms with E-state index in [0.29, 0.717) is 15.2 Å². The molecule has 0 aliphatic carbocycles. The third-order valence-electron chi connectivity index (χ3n) is 3.45. The zero-order chi connectivity index (χ0) is 18.6. The number of phenols is 1. The summed E-state index contributed by atoms with van der Waals surface area (Å²) in [6.45, 7) is 5.40. The average Bonchev–Trinajstić information content (AvgIpc) is 2.55. The van der Waals surface area contributed by atoms with Crippen molar-refractivity contribution in [2.45, 2.75) is 26.9 Å². The molecule has 2 aromatic rings. The highest BCUT2D eigenvalue weighted by Gasteiger charge is 2.15. The van der Waals surface area contributed by atoms with Crippen molar-refractivity contribution < 1.29 is 14.6 Å². The Kier molecular flexibility index (Phi) is 6.45. The zero-order valence-corrected chi connectivity index (χ0v) is 16.4. The lowest BCUT2D eigenvalue weighted by Crippen LogP contribution is -2.33. The van der Waals surface area contributed by atoms with E-state index in [4.69, 9.17) is 16.3 Å². The Hall–Kier alpha value is -2.05. The van der Waals surface area contributed by atoms with Gasteiger partial charge in [-0.05, 0) is 83.7 Å². The summed E-state index contributed by atoms with van der Waals surface area (Å²) in [6, 6.07) is 8.47. The zero-order valence-electron chi connectivity index (χ0n) is 14.0. The van der Waals surface area contributed by atoms with Crippen LogP contribution in [0.25, 0.3) is 0 Å². The summed E-state index contributed by atoms with van der Waals surface area (Å²) in [5.74, 6) is 0.338. The lowest BCUT2D eigenvalue weighted by molar-refractivity contribution is -0.127. The fourth-order valence-corrected chi connectivity index (χ4v) is 2.60. The van der Waals surface area contributed by atoms with E-state index in [1.807, 2.05) is 13.8 Å². The summed E-state index contributed by atoms with van der Waals surface area (Å²) in [5.41, 5.74) is 4.93. The number of nitrogens with zero attached hydrogens (tertiary/aromatic N) is 1. The van der Waals surface area contributed by atoms with Gasteiger partial charge in [0.05, 0.1) is 10.7 Å². The number of hydrogen-bond donors (Lipinski definition) is 2. The molecule has 2 N–H and O–H groups in total. The van der Waals surface area contributed by atoms with Crippen LogP contribution in [-0.2, 0) is 4.79 Å². The highest BCUT2D eigenvalue weighted by Crippen LogP contribution is 2.26. The summed E-state index contributed by atoms with van der Waals surface area (Å²) in [4.78, 5) is 12.1. The van der Waals surface area contributed by atoms with Gasteiger partial charge in [-0.3, -0.25) is 4.79 Å². The van der Waals surface area contributed by atoms with Crippen molar-refractivity contribution >= 4 is 39.7 Å². The van der Waals surface area contributed by atoms with Gasteiger partial charge in [0.25, 0.3) is 5.91 Å². The summed E-state index contributed by atoms with van der Waals surface area (Å²) >= 11 is 9.34. The lowest BCUT2D eigenvalue weighted by Gasteiger charge is -2.14. The van der Waals surface area contributed by atoms with Gasteiger partial charge in [-0.2, -0.15) is 5.10 Å². The maximum Gasteiger partial charge on any atom is 0.280 e. The third-order valence-corrected chi connectivity index (χ3v) is 4.68. The van der Waals surface area contributed by atoms with E-state index in [0.717, 1.165) is 16.7 Å². The number of halogens is 2. The Morgan fingerprint density at radius 2 is 1.96 bits per heavy atom. The number of hydrogen-bond acceptors (Lipinski definition) is 4. The monoisotopic (exact) mass is 424 g/mol. The maximum atomic E-state index is 12.1. The first-order valence-electron chi connectivity index (χ1n) is 7.52. The van der Waals surface area contributed by atoms with Gasteiger partial charge in [0.1, 0.15) is 11.5 Å². The Labute approximate surface area is 159 Å². The molecule has 132 valence electrons. The molecular formula is C18H18BrClN2O3. The fraction of sp³-hybridized carbons (Fsp3) is 0.222. The van der Waals surface area contributed by atoms with Crippen molar-refractivity contribution in [1.29, 1.82) is 0 Å². The molecule has 0 aliphatic heterocycles. The molecule has 1 unspecified atom stereocenters. The van der Waals surface area contributed by atoms with Crippen molar-refractivity contribution in [3.8, 4) is 11.5 Å². The number of carbonyl (C=O) groups is 1. The molecule has 1 amide bonds. The molecule has 2 aromatic carbocycles. The minimum absolute atomic E-state index is 0.136. The Morgan fingerprint density at radius 3 is 2.56 bits per heavy atom. The average molecular weight is 426 g/mol. The number of aryl methyl sites for hydroxylation is 2. The first-order chi connectivity index (χ1) is 11.8. The van der Waals surface area contributed by atoms with Gasteiger partial charge in [0.15, 0.2) is 6.10 Å². The molecule has 0 fully saturated rings. The minimum atomic E-state index is -0.719. The van der Waals surface area contributed by atoms with Crippen LogP contribution in [0, 0.1) is 13.8 Å². The number of carbonyl (C=O) groups excluding carboxylic acids is 1. The maximum absolute atomic E-state index is 12.1. The topological polar surface area (TPSA) is 70.9 Å². The van der Waals surface area contributed by atoms with Crippen LogP contribution in [0.1, 0.15) is 23.6 Å². The number of nitrogens with one attached hydrogen (secondary N) is 1. The van der Waals surface area contributed by atoms with Crippen molar-refractivity contribution in [2.75, 3.05) is 0 Å². The van der Waals surface area contributed by atoms with Gasteiger partial charge in [-0.25, -0.2) is 5.43 Å². The van der Waals surface area contributed by atoms with Crippen molar-refractivity contribution in [1.82, 2.24) is 5.43 Å². The first-order valence-corrected chi connectivity index (χ1v) is 8.70. The van der Waals surface area contributed by atoms with E-state index in [2.05, 4.69) is 26.5 Å². The molecule has 0 saturated carbocycles. The van der Waals surface area contributed by atoms with Crippen LogP contribution < -0.4 is 10.2 Å². The van der Waals surface area contributed by atoms with Crippen LogP contribution in [0.4, 0.5) is 0 Å². The molecule has 0 spiro atoms. The number of amides is 1. The molecule has 0 radical (unpaired) electrons. The molecule has 2 rings (SSSR count). The predicted molar refractivity (Wildman–Crippen MR) is 103 cm³/mol. The van der Waals surface area contributed by atoms with Crippen LogP contribution in [0.5, 0.6) is 11.5 Å². The number of ether oxygens (including phenoxy) is 1. The molecule has 1 atom stereocenters. The van der Waals surface area contributed by atoms with Crippen molar-refractivity contribution in [2.24, 2.45) is 5.10 Å². The second kappa shape index (κ2) is 8.36. The first kappa shape index (κ1) is 19.3. The number of benzene rings is 2. The minimum Gasteiger partial charge on any atom is -0.507 e. The summed E-state index contributed by atoms with van der Waals surface area (Å²) in [5, 5.41) is 14.0. The van der Waals surface area contributed by atoms with E-state index in [1.165, 1.54) is 12.3 Å². The summed E-state index contributed by atoms with van der Waals surface area (Å²) in [6.07, 6.45) is 0.759. The highest BCUT2D eigenvalue weighted by atomic mass is 79.9. The molecule has 5 nitrogen and oxygen atoms in total. The molecule has 0 aromatic heterocycles. The van der Waals surface area contributed by atoms with Gasteiger partial charge in [-0.15, -0.1) is 0 Å². The lowest BCUT2D eigenvalue weighted by atomic mass is 10.1.